The van der Waals surface area contributed by atoms with Crippen LogP contribution in [0.25, 0.3) is 17.1 Å². The third-order valence-electron chi connectivity index (χ3n) is 5.88. The molecule has 0 radical (unpaired) electrons. The van der Waals surface area contributed by atoms with Crippen molar-refractivity contribution in [3.8, 4) is 17.1 Å². The number of aliphatic carboxylic acids is 1. The fourth-order valence-corrected chi connectivity index (χ4v) is 5.39. The van der Waals surface area contributed by atoms with Gasteiger partial charge in [-0.05, 0) is 47.4 Å². The van der Waals surface area contributed by atoms with Crippen LogP contribution >= 0.6 is 11.8 Å². The number of thioether (sulfide) groups is 1. The summed E-state index contributed by atoms with van der Waals surface area (Å²) in [7, 11) is 0. The van der Waals surface area contributed by atoms with E-state index in [0.717, 1.165) is 17.6 Å². The molecule has 5 rings (SSSR count). The molecule has 1 N–H and O–H groups in total. The molecule has 1 aliphatic rings. The van der Waals surface area contributed by atoms with Gasteiger partial charge in [0.15, 0.2) is 11.0 Å². The van der Waals surface area contributed by atoms with Gasteiger partial charge in [0.2, 0.25) is 0 Å². The summed E-state index contributed by atoms with van der Waals surface area (Å²) >= 11 is 1.54. The lowest BCUT2D eigenvalue weighted by Gasteiger charge is -2.19. The second kappa shape index (κ2) is 11.2. The minimum Gasteiger partial charge on any atom is -0.481 e. The summed E-state index contributed by atoms with van der Waals surface area (Å²) in [6.45, 7) is 0. The molecule has 1 aromatic heterocycles. The Morgan fingerprint density at radius 1 is 1.00 bits per heavy atom. The zero-order valence-corrected chi connectivity index (χ0v) is 20.7. The standard InChI is InChI=1S/C30H24FN3O2S/c31-25-16-9-15-24(20-25)29-32-33-30(34(29)26-17-8-10-21(18-26)19-27(35)36)37-28(23-13-6-3-7-14-23)22-11-4-1-2-5-12-22/h1,3-18,20,28H,2,19H2,(H,35,36). The van der Waals surface area contributed by atoms with Crippen molar-refractivity contribution in [1.29, 1.82) is 0 Å². The lowest BCUT2D eigenvalue weighted by atomic mass is 10.0. The van der Waals surface area contributed by atoms with E-state index in [1.807, 2.05) is 41.0 Å². The largest absolute Gasteiger partial charge is 0.481 e. The van der Waals surface area contributed by atoms with Crippen molar-refractivity contribution in [3.63, 3.8) is 0 Å². The van der Waals surface area contributed by atoms with Crippen molar-refractivity contribution in [2.24, 2.45) is 0 Å². The Kier molecular flexibility index (Phi) is 7.42. The third-order valence-corrected chi connectivity index (χ3v) is 7.13. The van der Waals surface area contributed by atoms with Gasteiger partial charge in [-0.2, -0.15) is 0 Å². The van der Waals surface area contributed by atoms with Crippen molar-refractivity contribution in [2.75, 3.05) is 0 Å². The number of aromatic nitrogens is 3. The molecule has 1 unspecified atom stereocenters. The van der Waals surface area contributed by atoms with Crippen LogP contribution in [-0.4, -0.2) is 25.8 Å². The number of carboxylic acids is 1. The SMILES string of the molecule is O=C(O)Cc1cccc(-n2c(SC(C3=CC=CCC=C3)c3ccccc3)nnc2-c2cccc(F)c2)c1. The van der Waals surface area contributed by atoms with E-state index in [0.29, 0.717) is 27.8 Å². The highest BCUT2D eigenvalue weighted by Gasteiger charge is 2.24. The fourth-order valence-electron chi connectivity index (χ4n) is 4.21. The quantitative estimate of drug-likeness (QED) is 0.260. The predicted octanol–water partition coefficient (Wildman–Crippen LogP) is 6.98. The van der Waals surface area contributed by atoms with Gasteiger partial charge in [0.1, 0.15) is 5.82 Å². The number of nitrogens with zero attached hydrogens (tertiary/aromatic N) is 3. The summed E-state index contributed by atoms with van der Waals surface area (Å²) in [5.41, 5.74) is 4.17. The Bertz CT molecular complexity index is 1510. The maximum absolute atomic E-state index is 14.2. The molecule has 1 atom stereocenters. The normalized spacial score (nSPS) is 13.7. The van der Waals surface area contributed by atoms with Gasteiger partial charge in [0.05, 0.1) is 17.4 Å². The Balaban J connectivity index is 1.65. The van der Waals surface area contributed by atoms with Crippen LogP contribution in [0.15, 0.2) is 120 Å². The second-order valence-corrected chi connectivity index (χ2v) is 9.61. The second-order valence-electron chi connectivity index (χ2n) is 8.53. The zero-order chi connectivity index (χ0) is 25.6. The molecular weight excluding hydrogens is 485 g/mol. The van der Waals surface area contributed by atoms with E-state index in [9.17, 15) is 14.3 Å². The van der Waals surface area contributed by atoms with Gasteiger partial charge in [-0.1, -0.05) is 96.7 Å². The van der Waals surface area contributed by atoms with Gasteiger partial charge in [-0.25, -0.2) is 4.39 Å². The molecule has 4 aromatic rings. The van der Waals surface area contributed by atoms with Crippen LogP contribution in [-0.2, 0) is 11.2 Å². The van der Waals surface area contributed by atoms with Gasteiger partial charge in [-0.15, -0.1) is 10.2 Å². The van der Waals surface area contributed by atoms with Crippen molar-refractivity contribution in [3.05, 3.63) is 132 Å². The average molecular weight is 510 g/mol. The number of carboxylic acid groups (broad SMARTS) is 1. The summed E-state index contributed by atoms with van der Waals surface area (Å²) in [5.74, 6) is -0.805. The van der Waals surface area contributed by atoms with Crippen molar-refractivity contribution < 1.29 is 14.3 Å². The van der Waals surface area contributed by atoms with Crippen LogP contribution in [0.2, 0.25) is 0 Å². The highest BCUT2D eigenvalue weighted by atomic mass is 32.2. The van der Waals surface area contributed by atoms with Crippen LogP contribution in [0.3, 0.4) is 0 Å². The van der Waals surface area contributed by atoms with E-state index in [2.05, 4.69) is 52.7 Å². The first kappa shape index (κ1) is 24.5. The number of carbonyl (C=O) groups is 1. The number of rotatable bonds is 8. The first-order chi connectivity index (χ1) is 18.1. The molecule has 1 aliphatic carbocycles. The van der Waals surface area contributed by atoms with Gasteiger partial charge in [-0.3, -0.25) is 9.36 Å². The molecule has 7 heteroatoms. The third kappa shape index (κ3) is 5.78. The molecule has 0 aliphatic heterocycles. The van der Waals surface area contributed by atoms with Crippen LogP contribution in [0.1, 0.15) is 22.8 Å². The average Bonchev–Trinajstić information content (AvgIpc) is 3.13. The topological polar surface area (TPSA) is 68.0 Å². The molecule has 3 aromatic carbocycles. The van der Waals surface area contributed by atoms with Crippen molar-refractivity contribution in [1.82, 2.24) is 14.8 Å². The zero-order valence-electron chi connectivity index (χ0n) is 19.9. The highest BCUT2D eigenvalue weighted by molar-refractivity contribution is 7.99. The smallest absolute Gasteiger partial charge is 0.307 e. The minimum absolute atomic E-state index is 0.0780. The van der Waals surface area contributed by atoms with E-state index in [4.69, 9.17) is 0 Å². The van der Waals surface area contributed by atoms with Gasteiger partial charge in [0.25, 0.3) is 0 Å². The molecule has 0 saturated heterocycles. The number of benzene rings is 3. The maximum Gasteiger partial charge on any atom is 0.307 e. The first-order valence-electron chi connectivity index (χ1n) is 11.9. The lowest BCUT2D eigenvalue weighted by Crippen LogP contribution is -2.05. The van der Waals surface area contributed by atoms with E-state index >= 15 is 0 Å². The summed E-state index contributed by atoms with van der Waals surface area (Å²) in [5, 5.41) is 18.9. The highest BCUT2D eigenvalue weighted by Crippen LogP contribution is 2.42. The molecule has 0 saturated carbocycles. The number of allylic oxidation sites excluding steroid dienone is 5. The molecule has 0 amide bonds. The molecule has 0 bridgehead atoms. The maximum atomic E-state index is 14.2. The Labute approximate surface area is 218 Å². The van der Waals surface area contributed by atoms with Gasteiger partial charge in [0, 0.05) is 5.56 Å². The van der Waals surface area contributed by atoms with Crippen molar-refractivity contribution >= 4 is 17.7 Å². The van der Waals surface area contributed by atoms with Gasteiger partial charge >= 0.3 is 5.97 Å². The van der Waals surface area contributed by atoms with E-state index in [1.165, 1.54) is 12.1 Å². The number of halogens is 1. The fraction of sp³-hybridized carbons (Fsp3) is 0.100. The molecule has 1 heterocycles. The summed E-state index contributed by atoms with van der Waals surface area (Å²) in [4.78, 5) is 11.4. The van der Waals surface area contributed by atoms with Crippen LogP contribution in [0.5, 0.6) is 0 Å². The van der Waals surface area contributed by atoms with Gasteiger partial charge < -0.3 is 5.11 Å². The lowest BCUT2D eigenvalue weighted by molar-refractivity contribution is -0.136. The molecule has 184 valence electrons. The Morgan fingerprint density at radius 2 is 1.84 bits per heavy atom. The van der Waals surface area contributed by atoms with Crippen LogP contribution < -0.4 is 0 Å². The number of hydrogen-bond donors (Lipinski definition) is 1. The summed E-state index contributed by atoms with van der Waals surface area (Å²) in [6, 6.07) is 23.7. The Morgan fingerprint density at radius 3 is 2.65 bits per heavy atom. The number of hydrogen-bond acceptors (Lipinski definition) is 4. The summed E-state index contributed by atoms with van der Waals surface area (Å²) < 4.78 is 16.0. The Hall–Kier alpha value is -4.23. The molecule has 0 spiro atoms. The molecule has 37 heavy (non-hydrogen) atoms. The minimum atomic E-state index is -0.912. The van der Waals surface area contributed by atoms with E-state index in [-0.39, 0.29) is 17.5 Å². The summed E-state index contributed by atoms with van der Waals surface area (Å²) in [6.07, 6.45) is 11.3. The van der Waals surface area contributed by atoms with Crippen LogP contribution in [0.4, 0.5) is 4.39 Å². The molecule has 0 fully saturated rings. The van der Waals surface area contributed by atoms with E-state index < -0.39 is 5.97 Å². The van der Waals surface area contributed by atoms with Crippen molar-refractivity contribution in [2.45, 2.75) is 23.2 Å². The molecule has 5 nitrogen and oxygen atoms in total. The predicted molar refractivity (Wildman–Crippen MR) is 144 cm³/mol. The monoisotopic (exact) mass is 509 g/mol. The van der Waals surface area contributed by atoms with Crippen LogP contribution in [0, 0.1) is 5.82 Å². The molecular formula is C30H24FN3O2S. The van der Waals surface area contributed by atoms with E-state index in [1.54, 1.807) is 30.0 Å². The first-order valence-corrected chi connectivity index (χ1v) is 12.7.